The Morgan fingerprint density at radius 3 is 2.68 bits per heavy atom. The molecule has 4 nitrogen and oxygen atoms in total. The number of hydrogen-bond donors (Lipinski definition) is 2. The summed E-state index contributed by atoms with van der Waals surface area (Å²) < 4.78 is 5.25. The first-order valence-corrected chi connectivity index (χ1v) is 7.46. The number of amides is 1. The lowest BCUT2D eigenvalue weighted by Crippen LogP contribution is -2.43. The van der Waals surface area contributed by atoms with Crippen LogP contribution in [0.3, 0.4) is 0 Å². The van der Waals surface area contributed by atoms with E-state index in [-0.39, 0.29) is 6.09 Å². The molecule has 1 aliphatic rings. The molecule has 1 saturated heterocycles. The molecule has 4 heteroatoms. The molecule has 2 N–H and O–H groups in total. The van der Waals surface area contributed by atoms with Gasteiger partial charge in [-0.3, -0.25) is 0 Å². The molecule has 2 atom stereocenters. The average Bonchev–Trinajstić information content (AvgIpc) is 2.23. The molecule has 0 spiro atoms. The molecule has 1 rings (SSSR count). The van der Waals surface area contributed by atoms with Crippen LogP contribution >= 0.6 is 0 Å². The molecule has 0 radical (unpaired) electrons. The fraction of sp³-hybridized carbons (Fsp3) is 0.933. The average molecular weight is 270 g/mol. The van der Waals surface area contributed by atoms with Gasteiger partial charge in [-0.25, -0.2) is 4.79 Å². The second kappa shape index (κ2) is 7.13. The van der Waals surface area contributed by atoms with Crippen LogP contribution < -0.4 is 10.6 Å². The lowest BCUT2D eigenvalue weighted by atomic mass is 9.88. The summed E-state index contributed by atoms with van der Waals surface area (Å²) in [5, 5.41) is 6.46. The zero-order valence-electron chi connectivity index (χ0n) is 13.1. The van der Waals surface area contributed by atoms with E-state index in [1.54, 1.807) is 0 Å². The number of hydrogen-bond acceptors (Lipinski definition) is 3. The number of nitrogens with one attached hydrogen (secondary N) is 2. The molecule has 112 valence electrons. The third kappa shape index (κ3) is 7.41. The summed E-state index contributed by atoms with van der Waals surface area (Å²) in [6.07, 6.45) is 3.19. The summed E-state index contributed by atoms with van der Waals surface area (Å²) in [5.74, 6) is 1.28. The second-order valence-electron chi connectivity index (χ2n) is 7.05. The Morgan fingerprint density at radius 1 is 1.42 bits per heavy atom. The van der Waals surface area contributed by atoms with Crippen molar-refractivity contribution in [3.05, 3.63) is 0 Å². The van der Waals surface area contributed by atoms with Crippen LogP contribution in [-0.2, 0) is 4.74 Å². The minimum Gasteiger partial charge on any atom is -0.444 e. The zero-order valence-corrected chi connectivity index (χ0v) is 13.1. The standard InChI is InChI=1S/C15H30N2O2/c1-11(2)8-13-9-12(6-7-16-13)10-17-14(18)19-15(3,4)5/h11-13,16H,6-10H2,1-5H3,(H,17,18). The van der Waals surface area contributed by atoms with Crippen LogP contribution in [0.5, 0.6) is 0 Å². The maximum absolute atomic E-state index is 11.6. The van der Waals surface area contributed by atoms with Gasteiger partial charge in [-0.15, -0.1) is 0 Å². The van der Waals surface area contributed by atoms with E-state index < -0.39 is 5.60 Å². The van der Waals surface area contributed by atoms with E-state index in [4.69, 9.17) is 4.74 Å². The highest BCUT2D eigenvalue weighted by Crippen LogP contribution is 2.20. The van der Waals surface area contributed by atoms with Gasteiger partial charge in [0.15, 0.2) is 0 Å². The van der Waals surface area contributed by atoms with E-state index in [2.05, 4.69) is 24.5 Å². The van der Waals surface area contributed by atoms with Crippen LogP contribution in [0.2, 0.25) is 0 Å². The van der Waals surface area contributed by atoms with Crippen molar-refractivity contribution >= 4 is 6.09 Å². The van der Waals surface area contributed by atoms with Crippen molar-refractivity contribution in [3.8, 4) is 0 Å². The number of alkyl carbamates (subject to hydrolysis) is 1. The topological polar surface area (TPSA) is 50.4 Å². The van der Waals surface area contributed by atoms with Crippen molar-refractivity contribution in [3.63, 3.8) is 0 Å². The maximum atomic E-state index is 11.6. The Kier molecular flexibility index (Phi) is 6.11. The summed E-state index contributed by atoms with van der Waals surface area (Å²) >= 11 is 0. The lowest BCUT2D eigenvalue weighted by Gasteiger charge is -2.31. The van der Waals surface area contributed by atoms with E-state index >= 15 is 0 Å². The molecule has 0 saturated carbocycles. The van der Waals surface area contributed by atoms with Crippen LogP contribution in [0.15, 0.2) is 0 Å². The Morgan fingerprint density at radius 2 is 2.11 bits per heavy atom. The van der Waals surface area contributed by atoms with Crippen LogP contribution in [0.25, 0.3) is 0 Å². The van der Waals surface area contributed by atoms with E-state index in [1.807, 2.05) is 20.8 Å². The van der Waals surface area contributed by atoms with Crippen LogP contribution in [0, 0.1) is 11.8 Å². The Labute approximate surface area is 117 Å². The predicted molar refractivity (Wildman–Crippen MR) is 78.2 cm³/mol. The van der Waals surface area contributed by atoms with Gasteiger partial charge in [-0.1, -0.05) is 13.8 Å². The molecule has 0 bridgehead atoms. The Balaban J connectivity index is 2.27. The first-order chi connectivity index (χ1) is 8.76. The van der Waals surface area contributed by atoms with Gasteiger partial charge in [-0.05, 0) is 58.4 Å². The maximum Gasteiger partial charge on any atom is 0.407 e. The molecule has 1 heterocycles. The lowest BCUT2D eigenvalue weighted by molar-refractivity contribution is 0.0513. The van der Waals surface area contributed by atoms with Crippen LogP contribution in [0.1, 0.15) is 53.9 Å². The van der Waals surface area contributed by atoms with Crippen LogP contribution in [-0.4, -0.2) is 30.8 Å². The van der Waals surface area contributed by atoms with Gasteiger partial charge in [0, 0.05) is 12.6 Å². The normalized spacial score (nSPS) is 24.3. The highest BCUT2D eigenvalue weighted by molar-refractivity contribution is 5.67. The fourth-order valence-corrected chi connectivity index (χ4v) is 2.57. The summed E-state index contributed by atoms with van der Waals surface area (Å²) in [4.78, 5) is 11.6. The smallest absolute Gasteiger partial charge is 0.407 e. The highest BCUT2D eigenvalue weighted by atomic mass is 16.6. The monoisotopic (exact) mass is 270 g/mol. The second-order valence-corrected chi connectivity index (χ2v) is 7.05. The SMILES string of the molecule is CC(C)CC1CC(CNC(=O)OC(C)(C)C)CCN1. The van der Waals surface area contributed by atoms with Crippen LogP contribution in [0.4, 0.5) is 4.79 Å². The van der Waals surface area contributed by atoms with Crippen molar-refractivity contribution < 1.29 is 9.53 Å². The van der Waals surface area contributed by atoms with Gasteiger partial charge < -0.3 is 15.4 Å². The molecular formula is C15H30N2O2. The minimum absolute atomic E-state index is 0.300. The molecule has 1 amide bonds. The molecule has 0 aromatic rings. The number of carbonyl (C=O) groups excluding carboxylic acids is 1. The Bertz CT molecular complexity index is 284. The predicted octanol–water partition coefficient (Wildman–Crippen LogP) is 2.93. The van der Waals surface area contributed by atoms with Gasteiger partial charge >= 0.3 is 6.09 Å². The summed E-state index contributed by atoms with van der Waals surface area (Å²) in [6, 6.07) is 0.596. The van der Waals surface area contributed by atoms with Gasteiger partial charge in [0.25, 0.3) is 0 Å². The summed E-state index contributed by atoms with van der Waals surface area (Å²) in [6.45, 7) is 11.9. The van der Waals surface area contributed by atoms with Gasteiger partial charge in [0.2, 0.25) is 0 Å². The molecule has 0 aromatic carbocycles. The van der Waals surface area contributed by atoms with Crippen molar-refractivity contribution in [1.29, 1.82) is 0 Å². The molecule has 0 aliphatic carbocycles. The Hall–Kier alpha value is -0.770. The molecule has 19 heavy (non-hydrogen) atoms. The summed E-state index contributed by atoms with van der Waals surface area (Å²) in [7, 11) is 0. The van der Waals surface area contributed by atoms with E-state index in [9.17, 15) is 4.79 Å². The molecular weight excluding hydrogens is 240 g/mol. The fourth-order valence-electron chi connectivity index (χ4n) is 2.57. The third-order valence-electron chi connectivity index (χ3n) is 3.29. The highest BCUT2D eigenvalue weighted by Gasteiger charge is 2.23. The van der Waals surface area contributed by atoms with Gasteiger partial charge in [0.1, 0.15) is 5.60 Å². The number of ether oxygens (including phenoxy) is 1. The quantitative estimate of drug-likeness (QED) is 0.826. The molecule has 1 aliphatic heterocycles. The number of piperidine rings is 1. The van der Waals surface area contributed by atoms with Crippen molar-refractivity contribution in [2.45, 2.75) is 65.5 Å². The first kappa shape index (κ1) is 16.3. The number of carbonyl (C=O) groups is 1. The zero-order chi connectivity index (χ0) is 14.5. The summed E-state index contributed by atoms with van der Waals surface area (Å²) in [5.41, 5.74) is -0.418. The van der Waals surface area contributed by atoms with Gasteiger partial charge in [-0.2, -0.15) is 0 Å². The largest absolute Gasteiger partial charge is 0.444 e. The van der Waals surface area contributed by atoms with Gasteiger partial charge in [0.05, 0.1) is 0 Å². The molecule has 2 unspecified atom stereocenters. The van der Waals surface area contributed by atoms with Crippen molar-refractivity contribution in [1.82, 2.24) is 10.6 Å². The third-order valence-corrected chi connectivity index (χ3v) is 3.29. The van der Waals surface area contributed by atoms with Crippen molar-refractivity contribution in [2.24, 2.45) is 11.8 Å². The molecule has 1 fully saturated rings. The number of rotatable bonds is 4. The van der Waals surface area contributed by atoms with E-state index in [0.717, 1.165) is 31.8 Å². The first-order valence-electron chi connectivity index (χ1n) is 7.46. The minimum atomic E-state index is -0.418. The molecule has 0 aromatic heterocycles. The van der Waals surface area contributed by atoms with E-state index in [0.29, 0.717) is 12.0 Å². The van der Waals surface area contributed by atoms with E-state index in [1.165, 1.54) is 6.42 Å². The van der Waals surface area contributed by atoms with Crippen molar-refractivity contribution in [2.75, 3.05) is 13.1 Å².